The molecule has 0 aromatic rings. The molecule has 5 heteroatoms. The zero-order valence-corrected chi connectivity index (χ0v) is 10.6. The first-order valence-electron chi connectivity index (χ1n) is 6.09. The number of rotatable bonds is 10. The highest BCUT2D eigenvalue weighted by Crippen LogP contribution is 2.05. The standard InChI is InChI=1S/C12H22O5/c1-3-10(9-16-4-2)17-12(15)8-6-5-7-11(13)14/h10H,3-9H2,1-2H3,(H,13,14). The fourth-order valence-corrected chi connectivity index (χ4v) is 1.27. The van der Waals surface area contributed by atoms with Crippen LogP contribution in [0.3, 0.4) is 0 Å². The molecule has 0 bridgehead atoms. The third-order valence-electron chi connectivity index (χ3n) is 2.28. The van der Waals surface area contributed by atoms with Gasteiger partial charge >= 0.3 is 11.9 Å². The number of unbranched alkanes of at least 4 members (excludes halogenated alkanes) is 1. The van der Waals surface area contributed by atoms with E-state index in [1.165, 1.54) is 0 Å². The maximum Gasteiger partial charge on any atom is 0.306 e. The number of esters is 1. The van der Waals surface area contributed by atoms with Gasteiger partial charge in [-0.15, -0.1) is 0 Å². The molecule has 0 fully saturated rings. The average molecular weight is 246 g/mol. The summed E-state index contributed by atoms with van der Waals surface area (Å²) in [6.07, 6.45) is 1.96. The van der Waals surface area contributed by atoms with Crippen molar-refractivity contribution in [3.8, 4) is 0 Å². The molecule has 0 aliphatic heterocycles. The Bertz CT molecular complexity index is 227. The number of hydrogen-bond donors (Lipinski definition) is 1. The molecule has 0 heterocycles. The molecule has 0 aromatic carbocycles. The van der Waals surface area contributed by atoms with Crippen molar-refractivity contribution in [3.05, 3.63) is 0 Å². The van der Waals surface area contributed by atoms with Gasteiger partial charge in [0.05, 0.1) is 6.61 Å². The third-order valence-corrected chi connectivity index (χ3v) is 2.28. The first kappa shape index (κ1) is 15.9. The van der Waals surface area contributed by atoms with Crippen LogP contribution in [0.25, 0.3) is 0 Å². The van der Waals surface area contributed by atoms with Crippen molar-refractivity contribution in [2.45, 2.75) is 52.1 Å². The van der Waals surface area contributed by atoms with E-state index in [2.05, 4.69) is 0 Å². The molecule has 0 aromatic heterocycles. The Morgan fingerprint density at radius 3 is 2.35 bits per heavy atom. The Hall–Kier alpha value is -1.10. The Morgan fingerprint density at radius 1 is 1.18 bits per heavy atom. The lowest BCUT2D eigenvalue weighted by Gasteiger charge is -2.15. The molecule has 0 rings (SSSR count). The number of carboxylic acid groups (broad SMARTS) is 1. The number of hydrogen-bond acceptors (Lipinski definition) is 4. The summed E-state index contributed by atoms with van der Waals surface area (Å²) in [7, 11) is 0. The fraction of sp³-hybridized carbons (Fsp3) is 0.833. The van der Waals surface area contributed by atoms with Crippen LogP contribution in [-0.4, -0.2) is 36.4 Å². The van der Waals surface area contributed by atoms with E-state index >= 15 is 0 Å². The molecule has 0 spiro atoms. The molecule has 0 saturated carbocycles. The van der Waals surface area contributed by atoms with Gasteiger partial charge in [-0.1, -0.05) is 6.92 Å². The minimum atomic E-state index is -0.832. The van der Waals surface area contributed by atoms with E-state index in [4.69, 9.17) is 14.6 Å². The molecule has 0 saturated heterocycles. The molecule has 1 N–H and O–H groups in total. The lowest BCUT2D eigenvalue weighted by atomic mass is 10.2. The van der Waals surface area contributed by atoms with E-state index in [0.29, 0.717) is 26.1 Å². The number of carbonyl (C=O) groups excluding carboxylic acids is 1. The molecule has 0 radical (unpaired) electrons. The molecule has 1 atom stereocenters. The number of carboxylic acids is 1. The molecular formula is C12H22O5. The molecule has 17 heavy (non-hydrogen) atoms. The Kier molecular flexibility index (Phi) is 9.43. The predicted molar refractivity (Wildman–Crippen MR) is 62.8 cm³/mol. The monoisotopic (exact) mass is 246 g/mol. The second kappa shape index (κ2) is 10.1. The van der Waals surface area contributed by atoms with Gasteiger partial charge < -0.3 is 14.6 Å². The number of aliphatic carboxylic acids is 1. The van der Waals surface area contributed by atoms with E-state index in [1.807, 2.05) is 13.8 Å². The molecule has 5 nitrogen and oxygen atoms in total. The van der Waals surface area contributed by atoms with Crippen LogP contribution in [0.1, 0.15) is 46.0 Å². The lowest BCUT2D eigenvalue weighted by molar-refractivity contribution is -0.152. The lowest BCUT2D eigenvalue weighted by Crippen LogP contribution is -2.22. The topological polar surface area (TPSA) is 72.8 Å². The van der Waals surface area contributed by atoms with Crippen LogP contribution in [0.2, 0.25) is 0 Å². The van der Waals surface area contributed by atoms with Crippen molar-refractivity contribution in [1.29, 1.82) is 0 Å². The summed E-state index contributed by atoms with van der Waals surface area (Å²) in [5.74, 6) is -1.11. The number of ether oxygens (including phenoxy) is 2. The summed E-state index contributed by atoms with van der Waals surface area (Å²) < 4.78 is 10.4. The minimum absolute atomic E-state index is 0.101. The van der Waals surface area contributed by atoms with E-state index in [-0.39, 0.29) is 24.9 Å². The quantitative estimate of drug-likeness (QED) is 0.471. The largest absolute Gasteiger partial charge is 0.481 e. The van der Waals surface area contributed by atoms with Gasteiger partial charge in [0.1, 0.15) is 6.10 Å². The van der Waals surface area contributed by atoms with E-state index in [1.54, 1.807) is 0 Å². The zero-order chi connectivity index (χ0) is 13.1. The molecule has 0 amide bonds. The second-order valence-corrected chi connectivity index (χ2v) is 3.78. The highest BCUT2D eigenvalue weighted by atomic mass is 16.6. The smallest absolute Gasteiger partial charge is 0.306 e. The van der Waals surface area contributed by atoms with Gasteiger partial charge in [-0.25, -0.2) is 0 Å². The van der Waals surface area contributed by atoms with Gasteiger partial charge in [0, 0.05) is 19.4 Å². The van der Waals surface area contributed by atoms with E-state index in [9.17, 15) is 9.59 Å². The molecular weight excluding hydrogens is 224 g/mol. The van der Waals surface area contributed by atoms with Crippen molar-refractivity contribution < 1.29 is 24.2 Å². The van der Waals surface area contributed by atoms with Gasteiger partial charge in [-0.05, 0) is 26.2 Å². The van der Waals surface area contributed by atoms with Crippen LogP contribution in [0.5, 0.6) is 0 Å². The van der Waals surface area contributed by atoms with Gasteiger partial charge in [0.2, 0.25) is 0 Å². The zero-order valence-electron chi connectivity index (χ0n) is 10.6. The van der Waals surface area contributed by atoms with Crippen molar-refractivity contribution in [2.75, 3.05) is 13.2 Å². The first-order valence-corrected chi connectivity index (χ1v) is 6.09. The summed E-state index contributed by atoms with van der Waals surface area (Å²) in [4.78, 5) is 21.6. The normalized spacial score (nSPS) is 12.1. The van der Waals surface area contributed by atoms with E-state index < -0.39 is 5.97 Å². The molecule has 1 unspecified atom stereocenters. The first-order chi connectivity index (χ1) is 8.10. The van der Waals surface area contributed by atoms with Gasteiger partial charge in [-0.3, -0.25) is 9.59 Å². The summed E-state index contributed by atoms with van der Waals surface area (Å²) in [5, 5.41) is 8.43. The maximum absolute atomic E-state index is 11.4. The van der Waals surface area contributed by atoms with Crippen molar-refractivity contribution in [1.82, 2.24) is 0 Å². The summed E-state index contributed by atoms with van der Waals surface area (Å²) in [5.41, 5.74) is 0. The van der Waals surface area contributed by atoms with Crippen LogP contribution >= 0.6 is 0 Å². The van der Waals surface area contributed by atoms with Crippen LogP contribution < -0.4 is 0 Å². The van der Waals surface area contributed by atoms with Crippen LogP contribution in [0, 0.1) is 0 Å². The summed E-state index contributed by atoms with van der Waals surface area (Å²) >= 11 is 0. The molecule has 100 valence electrons. The van der Waals surface area contributed by atoms with E-state index in [0.717, 1.165) is 6.42 Å². The maximum atomic E-state index is 11.4. The number of carbonyl (C=O) groups is 2. The van der Waals surface area contributed by atoms with Gasteiger partial charge in [-0.2, -0.15) is 0 Å². The molecule has 0 aliphatic rings. The third kappa shape index (κ3) is 9.81. The average Bonchev–Trinajstić information content (AvgIpc) is 2.29. The highest BCUT2D eigenvalue weighted by Gasteiger charge is 2.12. The highest BCUT2D eigenvalue weighted by molar-refractivity contribution is 5.70. The second-order valence-electron chi connectivity index (χ2n) is 3.78. The van der Waals surface area contributed by atoms with Crippen LogP contribution in [0.15, 0.2) is 0 Å². The summed E-state index contributed by atoms with van der Waals surface area (Å²) in [6.45, 7) is 4.85. The Balaban J connectivity index is 3.64. The fourth-order valence-electron chi connectivity index (χ4n) is 1.27. The summed E-state index contributed by atoms with van der Waals surface area (Å²) in [6, 6.07) is 0. The van der Waals surface area contributed by atoms with Crippen molar-refractivity contribution >= 4 is 11.9 Å². The van der Waals surface area contributed by atoms with Gasteiger partial charge in [0.15, 0.2) is 0 Å². The van der Waals surface area contributed by atoms with Crippen molar-refractivity contribution in [3.63, 3.8) is 0 Å². The van der Waals surface area contributed by atoms with Crippen LogP contribution in [-0.2, 0) is 19.1 Å². The van der Waals surface area contributed by atoms with Crippen molar-refractivity contribution in [2.24, 2.45) is 0 Å². The predicted octanol–water partition coefficient (Wildman–Crippen LogP) is 1.99. The van der Waals surface area contributed by atoms with Gasteiger partial charge in [0.25, 0.3) is 0 Å². The SMILES string of the molecule is CCOCC(CC)OC(=O)CCCCC(=O)O. The van der Waals surface area contributed by atoms with Crippen LogP contribution in [0.4, 0.5) is 0 Å². The Morgan fingerprint density at radius 2 is 1.82 bits per heavy atom. The Labute approximate surface area is 102 Å². The molecule has 0 aliphatic carbocycles. The minimum Gasteiger partial charge on any atom is -0.481 e.